The van der Waals surface area contributed by atoms with Crippen molar-refractivity contribution in [3.05, 3.63) is 99.9 Å². The highest BCUT2D eigenvalue weighted by molar-refractivity contribution is 6.13. The van der Waals surface area contributed by atoms with Gasteiger partial charge in [0, 0.05) is 35.8 Å². The maximum Gasteiger partial charge on any atom is 0.275 e. The van der Waals surface area contributed by atoms with Crippen LogP contribution in [0.3, 0.4) is 0 Å². The van der Waals surface area contributed by atoms with Crippen molar-refractivity contribution in [2.24, 2.45) is 7.05 Å². The molecule has 10 heteroatoms. The van der Waals surface area contributed by atoms with E-state index in [1.807, 2.05) is 45.2 Å². The van der Waals surface area contributed by atoms with Gasteiger partial charge >= 0.3 is 0 Å². The van der Waals surface area contributed by atoms with Crippen LogP contribution in [0.2, 0.25) is 0 Å². The Morgan fingerprint density at radius 1 is 1.00 bits per heavy atom. The van der Waals surface area contributed by atoms with Gasteiger partial charge in [0.25, 0.3) is 11.6 Å². The molecule has 0 aliphatic heterocycles. The third kappa shape index (κ3) is 4.99. The number of rotatable bonds is 7. The zero-order valence-electron chi connectivity index (χ0n) is 21.8. The summed E-state index contributed by atoms with van der Waals surface area (Å²) in [6.07, 6.45) is 0. The van der Waals surface area contributed by atoms with Crippen LogP contribution in [0.1, 0.15) is 21.7 Å². The van der Waals surface area contributed by atoms with Crippen LogP contribution < -0.4 is 14.8 Å². The number of carbonyl (C=O) groups excluding carboxylic acids is 1. The third-order valence-corrected chi connectivity index (χ3v) is 6.38. The van der Waals surface area contributed by atoms with Crippen LogP contribution in [-0.2, 0) is 7.05 Å². The molecular formula is C29H25N5O5. The predicted molar refractivity (Wildman–Crippen MR) is 148 cm³/mol. The van der Waals surface area contributed by atoms with Crippen molar-refractivity contribution in [2.75, 3.05) is 12.4 Å². The van der Waals surface area contributed by atoms with Gasteiger partial charge in [0.2, 0.25) is 0 Å². The number of nitro groups is 1. The fraction of sp³-hybridized carbons (Fsp3) is 0.138. The smallest absolute Gasteiger partial charge is 0.275 e. The predicted octanol–water partition coefficient (Wildman–Crippen LogP) is 6.21. The number of carbonyl (C=O) groups is 1. The van der Waals surface area contributed by atoms with Crippen molar-refractivity contribution in [3.63, 3.8) is 0 Å². The number of nitrogens with zero attached hydrogens (tertiary/aromatic N) is 4. The number of hydrogen-bond donors (Lipinski definition) is 1. The summed E-state index contributed by atoms with van der Waals surface area (Å²) in [5, 5.41) is 19.6. The normalized spacial score (nSPS) is 10.9. The largest absolute Gasteiger partial charge is 0.493 e. The highest BCUT2D eigenvalue weighted by atomic mass is 16.6. The number of amides is 1. The zero-order chi connectivity index (χ0) is 27.7. The van der Waals surface area contributed by atoms with Gasteiger partial charge < -0.3 is 14.8 Å². The summed E-state index contributed by atoms with van der Waals surface area (Å²) in [5.41, 5.74) is 4.15. The second-order valence-corrected chi connectivity index (χ2v) is 8.92. The summed E-state index contributed by atoms with van der Waals surface area (Å²) in [7, 11) is 3.36. The Morgan fingerprint density at radius 3 is 2.41 bits per heavy atom. The van der Waals surface area contributed by atoms with Crippen LogP contribution in [0.4, 0.5) is 11.4 Å². The van der Waals surface area contributed by atoms with Crippen molar-refractivity contribution < 1.29 is 19.2 Å². The molecule has 0 spiro atoms. The molecule has 10 nitrogen and oxygen atoms in total. The molecule has 0 aliphatic carbocycles. The molecule has 0 saturated heterocycles. The quantitative estimate of drug-likeness (QED) is 0.199. The lowest BCUT2D eigenvalue weighted by Crippen LogP contribution is -2.13. The topological polar surface area (TPSA) is 121 Å². The van der Waals surface area contributed by atoms with E-state index in [1.165, 1.54) is 25.3 Å². The number of aryl methyl sites for hydroxylation is 2. The third-order valence-electron chi connectivity index (χ3n) is 6.38. The molecule has 5 rings (SSSR count). The first-order chi connectivity index (χ1) is 18.7. The Bertz CT molecular complexity index is 1740. The minimum atomic E-state index is -0.543. The van der Waals surface area contributed by atoms with Gasteiger partial charge in [-0.1, -0.05) is 30.3 Å². The van der Waals surface area contributed by atoms with E-state index in [2.05, 4.69) is 10.4 Å². The molecule has 196 valence electrons. The van der Waals surface area contributed by atoms with Gasteiger partial charge in [-0.2, -0.15) is 5.10 Å². The number of pyridine rings is 1. The number of benzene rings is 3. The van der Waals surface area contributed by atoms with Crippen LogP contribution in [0, 0.1) is 24.0 Å². The molecule has 2 heterocycles. The van der Waals surface area contributed by atoms with E-state index in [0.29, 0.717) is 33.7 Å². The number of aromatic nitrogens is 3. The average molecular weight is 524 g/mol. The summed E-state index contributed by atoms with van der Waals surface area (Å²) in [6, 6.07) is 20.1. The van der Waals surface area contributed by atoms with Crippen LogP contribution in [-0.4, -0.2) is 32.7 Å². The van der Waals surface area contributed by atoms with Gasteiger partial charge in [-0.05, 0) is 38.1 Å². The molecule has 0 fully saturated rings. The van der Waals surface area contributed by atoms with Crippen LogP contribution in [0.25, 0.3) is 22.2 Å². The van der Waals surface area contributed by atoms with Gasteiger partial charge in [-0.15, -0.1) is 0 Å². The Kier molecular flexibility index (Phi) is 6.68. The number of non-ortho nitro benzene ring substituents is 1. The Hall–Kier alpha value is -5.25. The number of para-hydroxylation sites is 3. The summed E-state index contributed by atoms with van der Waals surface area (Å²) in [4.78, 5) is 29.6. The molecule has 1 N–H and O–H groups in total. The number of hydrogen-bond acceptors (Lipinski definition) is 7. The average Bonchev–Trinajstić information content (AvgIpc) is 3.18. The molecule has 0 radical (unpaired) electrons. The zero-order valence-corrected chi connectivity index (χ0v) is 21.8. The van der Waals surface area contributed by atoms with E-state index in [4.69, 9.17) is 14.5 Å². The Labute approximate surface area is 224 Å². The minimum absolute atomic E-state index is 0.172. The molecule has 0 bridgehead atoms. The number of anilines is 1. The van der Waals surface area contributed by atoms with E-state index >= 15 is 0 Å². The molecule has 1 amide bonds. The monoisotopic (exact) mass is 523 g/mol. The van der Waals surface area contributed by atoms with E-state index in [0.717, 1.165) is 17.0 Å². The van der Waals surface area contributed by atoms with E-state index < -0.39 is 10.8 Å². The van der Waals surface area contributed by atoms with Gasteiger partial charge in [-0.25, -0.2) is 4.98 Å². The first-order valence-electron chi connectivity index (χ1n) is 12.1. The molecule has 0 saturated carbocycles. The van der Waals surface area contributed by atoms with Crippen molar-refractivity contribution in [1.29, 1.82) is 0 Å². The highest BCUT2D eigenvalue weighted by Gasteiger charge is 2.20. The fourth-order valence-corrected chi connectivity index (χ4v) is 4.48. The number of nitro benzene ring substituents is 1. The van der Waals surface area contributed by atoms with Crippen molar-refractivity contribution >= 4 is 28.2 Å². The maximum atomic E-state index is 13.6. The molecule has 3 aromatic carbocycles. The number of ether oxygens (including phenoxy) is 2. The Morgan fingerprint density at radius 2 is 1.72 bits per heavy atom. The number of fused-ring (bicyclic) bond motifs is 1. The lowest BCUT2D eigenvalue weighted by Gasteiger charge is -2.13. The molecule has 39 heavy (non-hydrogen) atoms. The van der Waals surface area contributed by atoms with E-state index in [1.54, 1.807) is 35.0 Å². The van der Waals surface area contributed by atoms with Gasteiger partial charge in [0.15, 0.2) is 11.5 Å². The second kappa shape index (κ2) is 10.3. The highest BCUT2D eigenvalue weighted by Crippen LogP contribution is 2.35. The molecule has 0 unspecified atom stereocenters. The second-order valence-electron chi connectivity index (χ2n) is 8.92. The van der Waals surface area contributed by atoms with E-state index in [-0.39, 0.29) is 17.1 Å². The minimum Gasteiger partial charge on any atom is -0.493 e. The summed E-state index contributed by atoms with van der Waals surface area (Å²) < 4.78 is 13.0. The van der Waals surface area contributed by atoms with Crippen molar-refractivity contribution in [1.82, 2.24) is 14.8 Å². The van der Waals surface area contributed by atoms with Crippen LogP contribution in [0.5, 0.6) is 17.2 Å². The molecule has 5 aromatic rings. The molecule has 0 atom stereocenters. The van der Waals surface area contributed by atoms with Crippen molar-refractivity contribution in [2.45, 2.75) is 13.8 Å². The lowest BCUT2D eigenvalue weighted by molar-refractivity contribution is -0.384. The summed E-state index contributed by atoms with van der Waals surface area (Å²) >= 11 is 0. The fourth-order valence-electron chi connectivity index (χ4n) is 4.48. The maximum absolute atomic E-state index is 13.6. The standard InChI is InChI=1S/C29H25N5O5/c1-17-28(18(2)33(3)32-17)25-16-23(22-9-5-6-10-24(22)31-25)29(35)30-19-13-20(34(36)37)15-21(14-19)39-27-12-8-7-11-26(27)38-4/h5-16H,1-4H3,(H,30,35). The summed E-state index contributed by atoms with van der Waals surface area (Å²) in [6.45, 7) is 3.84. The lowest BCUT2D eigenvalue weighted by atomic mass is 10.0. The molecular weight excluding hydrogens is 498 g/mol. The number of nitrogens with one attached hydrogen (secondary N) is 1. The Balaban J connectivity index is 1.55. The van der Waals surface area contributed by atoms with E-state index in [9.17, 15) is 14.9 Å². The van der Waals surface area contributed by atoms with Crippen LogP contribution >= 0.6 is 0 Å². The first kappa shape index (κ1) is 25.4. The van der Waals surface area contributed by atoms with Gasteiger partial charge in [0.05, 0.1) is 46.3 Å². The van der Waals surface area contributed by atoms with Gasteiger partial charge in [0.1, 0.15) is 5.75 Å². The SMILES string of the molecule is COc1ccccc1Oc1cc(NC(=O)c2cc(-c3c(C)nn(C)c3C)nc3ccccc23)cc([N+](=O)[O-])c1. The molecule has 2 aromatic heterocycles. The first-order valence-corrected chi connectivity index (χ1v) is 12.1. The van der Waals surface area contributed by atoms with Gasteiger partial charge in [-0.3, -0.25) is 19.6 Å². The van der Waals surface area contributed by atoms with Crippen LogP contribution in [0.15, 0.2) is 72.8 Å². The van der Waals surface area contributed by atoms with Crippen molar-refractivity contribution in [3.8, 4) is 28.5 Å². The number of methoxy groups -OCH3 is 1. The summed E-state index contributed by atoms with van der Waals surface area (Å²) in [5.74, 6) is 0.569. The molecule has 0 aliphatic rings.